The lowest BCUT2D eigenvalue weighted by atomic mass is 9.82. The van der Waals surface area contributed by atoms with Crippen molar-refractivity contribution in [1.82, 2.24) is 5.32 Å². The third-order valence-corrected chi connectivity index (χ3v) is 3.66. The first-order valence-electron chi connectivity index (χ1n) is 5.72. The number of aliphatic carboxylic acids is 1. The highest BCUT2D eigenvalue weighted by Gasteiger charge is 2.51. The van der Waals surface area contributed by atoms with Crippen LogP contribution in [-0.2, 0) is 9.59 Å². The molecule has 17 heavy (non-hydrogen) atoms. The molecule has 4 heteroatoms. The molecule has 4 nitrogen and oxygen atoms in total. The molecule has 1 fully saturated rings. The molecule has 2 N–H and O–H groups in total. The summed E-state index contributed by atoms with van der Waals surface area (Å²) in [5.74, 6) is 0.247. The number of terminal acetylenes is 1. The van der Waals surface area contributed by atoms with Gasteiger partial charge in [-0.3, -0.25) is 9.59 Å². The molecular formula is C13H15NO3. The minimum atomic E-state index is -0.893. The Labute approximate surface area is 100 Å². The zero-order valence-electron chi connectivity index (χ0n) is 9.59. The van der Waals surface area contributed by atoms with Crippen LogP contribution in [0.2, 0.25) is 0 Å². The van der Waals surface area contributed by atoms with E-state index in [1.807, 2.05) is 12.2 Å². The largest absolute Gasteiger partial charge is 0.481 e. The minimum absolute atomic E-state index is 0.00519. The van der Waals surface area contributed by atoms with Gasteiger partial charge in [0.15, 0.2) is 0 Å². The lowest BCUT2D eigenvalue weighted by Crippen LogP contribution is -2.43. The number of hydrogen-bond donors (Lipinski definition) is 2. The normalized spacial score (nSPS) is 35.3. The number of carboxylic acids is 1. The van der Waals surface area contributed by atoms with Crippen LogP contribution in [-0.4, -0.2) is 23.0 Å². The van der Waals surface area contributed by atoms with Crippen LogP contribution in [0.4, 0.5) is 0 Å². The van der Waals surface area contributed by atoms with Crippen molar-refractivity contribution in [3.05, 3.63) is 12.2 Å². The maximum absolute atomic E-state index is 12.0. The number of rotatable bonds is 3. The van der Waals surface area contributed by atoms with Gasteiger partial charge in [-0.15, -0.1) is 6.42 Å². The van der Waals surface area contributed by atoms with E-state index in [1.165, 1.54) is 0 Å². The maximum atomic E-state index is 12.0. The van der Waals surface area contributed by atoms with Crippen LogP contribution in [0.5, 0.6) is 0 Å². The highest BCUT2D eigenvalue weighted by atomic mass is 16.4. The third kappa shape index (κ3) is 1.93. The summed E-state index contributed by atoms with van der Waals surface area (Å²) >= 11 is 0. The number of fused-ring (bicyclic) bond motifs is 2. The van der Waals surface area contributed by atoms with Crippen molar-refractivity contribution in [2.45, 2.75) is 19.4 Å². The van der Waals surface area contributed by atoms with E-state index >= 15 is 0 Å². The lowest BCUT2D eigenvalue weighted by molar-refractivity contribution is -0.147. The Kier molecular flexibility index (Phi) is 2.93. The Balaban J connectivity index is 2.14. The Bertz CT molecular complexity index is 421. The van der Waals surface area contributed by atoms with Gasteiger partial charge in [0.25, 0.3) is 0 Å². The molecule has 0 aromatic rings. The number of nitrogens with one attached hydrogen (secondary N) is 1. The first-order valence-corrected chi connectivity index (χ1v) is 5.72. The summed E-state index contributed by atoms with van der Waals surface area (Å²) in [4.78, 5) is 23.2. The fraction of sp³-hybridized carbons (Fsp3) is 0.538. The van der Waals surface area contributed by atoms with Crippen molar-refractivity contribution in [3.8, 4) is 12.3 Å². The van der Waals surface area contributed by atoms with E-state index in [0.717, 1.165) is 6.42 Å². The van der Waals surface area contributed by atoms with Crippen molar-refractivity contribution in [1.29, 1.82) is 0 Å². The van der Waals surface area contributed by atoms with Crippen molar-refractivity contribution in [2.24, 2.45) is 23.7 Å². The van der Waals surface area contributed by atoms with E-state index in [0.29, 0.717) is 0 Å². The molecule has 2 aliphatic carbocycles. The van der Waals surface area contributed by atoms with E-state index in [2.05, 4.69) is 11.2 Å². The SMILES string of the molecule is C#CC(C)NC(=O)[C@H]1C2C=CC(C2)[C@H]1C(=O)O. The van der Waals surface area contributed by atoms with Gasteiger partial charge in [0, 0.05) is 0 Å². The predicted molar refractivity (Wildman–Crippen MR) is 61.8 cm³/mol. The molecule has 5 atom stereocenters. The quantitative estimate of drug-likeness (QED) is 0.555. The fourth-order valence-electron chi connectivity index (χ4n) is 2.87. The minimum Gasteiger partial charge on any atom is -0.481 e. The first-order chi connectivity index (χ1) is 8.04. The second kappa shape index (κ2) is 4.25. The number of hydrogen-bond acceptors (Lipinski definition) is 2. The monoisotopic (exact) mass is 233 g/mol. The van der Waals surface area contributed by atoms with Crippen molar-refractivity contribution in [2.75, 3.05) is 0 Å². The predicted octanol–water partition coefficient (Wildman–Crippen LogP) is 0.647. The van der Waals surface area contributed by atoms with Crippen LogP contribution in [0.1, 0.15) is 13.3 Å². The van der Waals surface area contributed by atoms with E-state index in [-0.39, 0.29) is 23.8 Å². The standard InChI is InChI=1S/C13H15NO3/c1-3-7(2)14-12(15)10-8-4-5-9(6-8)11(10)13(16)17/h1,4-5,7-11H,6H2,2H3,(H,14,15)(H,16,17)/t7?,8?,9?,10-,11+/m0/s1. The third-order valence-electron chi connectivity index (χ3n) is 3.66. The molecule has 0 radical (unpaired) electrons. The lowest BCUT2D eigenvalue weighted by Gasteiger charge is -2.24. The Morgan fingerprint density at radius 3 is 2.53 bits per heavy atom. The molecule has 0 aromatic carbocycles. The summed E-state index contributed by atoms with van der Waals surface area (Å²) in [6.45, 7) is 1.71. The van der Waals surface area contributed by atoms with Crippen molar-refractivity contribution >= 4 is 11.9 Å². The molecule has 0 saturated heterocycles. The van der Waals surface area contributed by atoms with Crippen LogP contribution in [0.25, 0.3) is 0 Å². The Morgan fingerprint density at radius 2 is 2.00 bits per heavy atom. The van der Waals surface area contributed by atoms with Gasteiger partial charge in [-0.05, 0) is 25.2 Å². The average Bonchev–Trinajstić information content (AvgIpc) is 2.87. The van der Waals surface area contributed by atoms with Crippen LogP contribution < -0.4 is 5.32 Å². The van der Waals surface area contributed by atoms with Crippen LogP contribution >= 0.6 is 0 Å². The summed E-state index contributed by atoms with van der Waals surface area (Å²) < 4.78 is 0. The molecule has 0 heterocycles. The van der Waals surface area contributed by atoms with Gasteiger partial charge >= 0.3 is 5.97 Å². The molecule has 0 spiro atoms. The highest BCUT2D eigenvalue weighted by Crippen LogP contribution is 2.48. The number of allylic oxidation sites excluding steroid dienone is 2. The van der Waals surface area contributed by atoms with Crippen LogP contribution in [0.15, 0.2) is 12.2 Å². The van der Waals surface area contributed by atoms with Crippen molar-refractivity contribution in [3.63, 3.8) is 0 Å². The van der Waals surface area contributed by atoms with Crippen LogP contribution in [0.3, 0.4) is 0 Å². The zero-order valence-corrected chi connectivity index (χ0v) is 9.59. The molecular weight excluding hydrogens is 218 g/mol. The van der Waals surface area contributed by atoms with E-state index in [1.54, 1.807) is 6.92 Å². The van der Waals surface area contributed by atoms with E-state index in [4.69, 9.17) is 6.42 Å². The van der Waals surface area contributed by atoms with Gasteiger partial charge in [-0.2, -0.15) is 0 Å². The second-order valence-electron chi connectivity index (χ2n) is 4.74. The summed E-state index contributed by atoms with van der Waals surface area (Å²) in [5.41, 5.74) is 0. The fourth-order valence-corrected chi connectivity index (χ4v) is 2.87. The van der Waals surface area contributed by atoms with E-state index < -0.39 is 17.8 Å². The van der Waals surface area contributed by atoms with Gasteiger partial charge in [0.1, 0.15) is 0 Å². The van der Waals surface area contributed by atoms with Gasteiger partial charge in [0.05, 0.1) is 17.9 Å². The van der Waals surface area contributed by atoms with Crippen molar-refractivity contribution < 1.29 is 14.7 Å². The molecule has 2 aliphatic rings. The van der Waals surface area contributed by atoms with Gasteiger partial charge < -0.3 is 10.4 Å². The summed E-state index contributed by atoms with van der Waals surface area (Å²) in [6, 6.07) is -0.361. The summed E-state index contributed by atoms with van der Waals surface area (Å²) in [5, 5.41) is 11.9. The molecule has 3 unspecified atom stereocenters. The molecule has 1 saturated carbocycles. The Hall–Kier alpha value is -1.76. The summed E-state index contributed by atoms with van der Waals surface area (Å²) in [7, 11) is 0. The maximum Gasteiger partial charge on any atom is 0.307 e. The molecule has 2 bridgehead atoms. The van der Waals surface area contributed by atoms with Gasteiger partial charge in [-0.25, -0.2) is 0 Å². The Morgan fingerprint density at radius 1 is 1.41 bits per heavy atom. The number of amides is 1. The summed E-state index contributed by atoms with van der Waals surface area (Å²) in [6.07, 6.45) is 9.83. The van der Waals surface area contributed by atoms with Gasteiger partial charge in [0.2, 0.25) is 5.91 Å². The van der Waals surface area contributed by atoms with Gasteiger partial charge in [-0.1, -0.05) is 18.1 Å². The molecule has 1 amide bonds. The first kappa shape index (κ1) is 11.7. The molecule has 90 valence electrons. The zero-order chi connectivity index (χ0) is 12.6. The molecule has 2 rings (SSSR count). The second-order valence-corrected chi connectivity index (χ2v) is 4.74. The number of carbonyl (C=O) groups is 2. The smallest absolute Gasteiger partial charge is 0.307 e. The number of carbonyl (C=O) groups excluding carboxylic acids is 1. The molecule has 0 aromatic heterocycles. The number of carboxylic acid groups (broad SMARTS) is 1. The topological polar surface area (TPSA) is 66.4 Å². The van der Waals surface area contributed by atoms with E-state index in [9.17, 15) is 14.7 Å². The molecule has 0 aliphatic heterocycles. The van der Waals surface area contributed by atoms with Crippen LogP contribution in [0, 0.1) is 36.0 Å². The highest BCUT2D eigenvalue weighted by molar-refractivity contribution is 5.87. The average molecular weight is 233 g/mol.